The predicted octanol–water partition coefficient (Wildman–Crippen LogP) is 1.89. The van der Waals surface area contributed by atoms with E-state index < -0.39 is 10.0 Å². The SMILES string of the molecule is CC(C)c1ccc(S(=O)(=O)N2CCN(CCCCO)CC2)cc1. The molecule has 2 rings (SSSR count). The van der Waals surface area contributed by atoms with Gasteiger partial charge in [-0.25, -0.2) is 8.42 Å². The largest absolute Gasteiger partial charge is 0.396 e. The minimum Gasteiger partial charge on any atom is -0.396 e. The van der Waals surface area contributed by atoms with Crippen molar-refractivity contribution in [3.8, 4) is 0 Å². The third-order valence-corrected chi connectivity index (χ3v) is 6.31. The third-order valence-electron chi connectivity index (χ3n) is 4.40. The van der Waals surface area contributed by atoms with Crippen LogP contribution in [0.3, 0.4) is 0 Å². The monoisotopic (exact) mass is 340 g/mol. The molecule has 1 aliphatic heterocycles. The summed E-state index contributed by atoms with van der Waals surface area (Å²) in [6.07, 6.45) is 1.76. The lowest BCUT2D eigenvalue weighted by molar-refractivity contribution is 0.180. The third kappa shape index (κ3) is 4.76. The van der Waals surface area contributed by atoms with Crippen molar-refractivity contribution < 1.29 is 13.5 Å². The highest BCUT2D eigenvalue weighted by atomic mass is 32.2. The zero-order valence-electron chi connectivity index (χ0n) is 14.1. The molecule has 23 heavy (non-hydrogen) atoms. The van der Waals surface area contributed by atoms with Gasteiger partial charge in [-0.15, -0.1) is 0 Å². The fourth-order valence-corrected chi connectivity index (χ4v) is 4.24. The van der Waals surface area contributed by atoms with Crippen LogP contribution in [0, 0.1) is 0 Å². The number of rotatable bonds is 7. The highest BCUT2D eigenvalue weighted by Crippen LogP contribution is 2.21. The van der Waals surface area contributed by atoms with Crippen molar-refractivity contribution in [3.63, 3.8) is 0 Å². The van der Waals surface area contributed by atoms with E-state index in [2.05, 4.69) is 18.7 Å². The summed E-state index contributed by atoms with van der Waals surface area (Å²) in [7, 11) is -3.39. The number of unbranched alkanes of at least 4 members (excludes halogenated alkanes) is 1. The van der Waals surface area contributed by atoms with Crippen molar-refractivity contribution in [2.24, 2.45) is 0 Å². The van der Waals surface area contributed by atoms with Gasteiger partial charge in [-0.1, -0.05) is 26.0 Å². The van der Waals surface area contributed by atoms with Crippen molar-refractivity contribution in [2.45, 2.75) is 37.5 Å². The molecular weight excluding hydrogens is 312 g/mol. The molecule has 6 heteroatoms. The quantitative estimate of drug-likeness (QED) is 0.770. The summed E-state index contributed by atoms with van der Waals surface area (Å²) in [6, 6.07) is 7.25. The van der Waals surface area contributed by atoms with Crippen LogP contribution in [-0.4, -0.2) is 62.1 Å². The maximum absolute atomic E-state index is 12.7. The Morgan fingerprint density at radius 3 is 2.17 bits per heavy atom. The van der Waals surface area contributed by atoms with Crippen LogP contribution in [0.4, 0.5) is 0 Å². The Hall–Kier alpha value is -0.950. The van der Waals surface area contributed by atoms with Crippen LogP contribution in [0.5, 0.6) is 0 Å². The number of hydrogen-bond acceptors (Lipinski definition) is 4. The maximum Gasteiger partial charge on any atom is 0.243 e. The number of aliphatic hydroxyl groups excluding tert-OH is 1. The number of sulfonamides is 1. The van der Waals surface area contributed by atoms with E-state index in [-0.39, 0.29) is 6.61 Å². The molecule has 1 N–H and O–H groups in total. The van der Waals surface area contributed by atoms with Crippen LogP contribution in [0.15, 0.2) is 29.2 Å². The summed E-state index contributed by atoms with van der Waals surface area (Å²) >= 11 is 0. The number of piperazine rings is 1. The molecule has 1 heterocycles. The second-order valence-corrected chi connectivity index (χ2v) is 8.34. The molecule has 1 aromatic rings. The van der Waals surface area contributed by atoms with Gasteiger partial charge < -0.3 is 10.0 Å². The smallest absolute Gasteiger partial charge is 0.243 e. The molecule has 130 valence electrons. The summed E-state index contributed by atoms with van der Waals surface area (Å²) in [5, 5.41) is 8.82. The Morgan fingerprint density at radius 2 is 1.65 bits per heavy atom. The van der Waals surface area contributed by atoms with Gasteiger partial charge in [-0.3, -0.25) is 0 Å². The van der Waals surface area contributed by atoms with E-state index in [0.29, 0.717) is 23.9 Å². The first-order chi connectivity index (χ1) is 10.9. The normalized spacial score (nSPS) is 17.7. The zero-order chi connectivity index (χ0) is 16.9. The number of nitrogens with zero attached hydrogens (tertiary/aromatic N) is 2. The second-order valence-electron chi connectivity index (χ2n) is 6.40. The summed E-state index contributed by atoms with van der Waals surface area (Å²) in [5.41, 5.74) is 1.15. The second kappa shape index (κ2) is 8.24. The number of aliphatic hydroxyl groups is 1. The standard InChI is InChI=1S/C17H28N2O3S/c1-15(2)16-5-7-17(8-6-16)23(21,22)19-12-10-18(11-13-19)9-3-4-14-20/h5-8,15,20H,3-4,9-14H2,1-2H3. The van der Waals surface area contributed by atoms with Gasteiger partial charge in [0.2, 0.25) is 10.0 Å². The Labute approximate surface area is 140 Å². The first kappa shape index (κ1) is 18.4. The highest BCUT2D eigenvalue weighted by molar-refractivity contribution is 7.89. The van der Waals surface area contributed by atoms with Gasteiger partial charge in [0.1, 0.15) is 0 Å². The van der Waals surface area contributed by atoms with E-state index in [0.717, 1.165) is 38.0 Å². The van der Waals surface area contributed by atoms with Crippen molar-refractivity contribution in [1.82, 2.24) is 9.21 Å². The molecule has 0 spiro atoms. The van der Waals surface area contributed by atoms with Crippen LogP contribution < -0.4 is 0 Å². The number of hydrogen-bond donors (Lipinski definition) is 1. The van der Waals surface area contributed by atoms with E-state index in [1.165, 1.54) is 0 Å². The molecule has 0 amide bonds. The van der Waals surface area contributed by atoms with E-state index >= 15 is 0 Å². The van der Waals surface area contributed by atoms with E-state index in [4.69, 9.17) is 5.11 Å². The molecule has 0 unspecified atom stereocenters. The van der Waals surface area contributed by atoms with Gasteiger partial charge in [0.15, 0.2) is 0 Å². The first-order valence-corrected chi connectivity index (χ1v) is 9.82. The average Bonchev–Trinajstić information content (AvgIpc) is 2.55. The summed E-state index contributed by atoms with van der Waals surface area (Å²) in [4.78, 5) is 2.65. The minimum atomic E-state index is -3.39. The van der Waals surface area contributed by atoms with Crippen LogP contribution >= 0.6 is 0 Å². The van der Waals surface area contributed by atoms with Gasteiger partial charge in [0, 0.05) is 32.8 Å². The lowest BCUT2D eigenvalue weighted by Crippen LogP contribution is -2.48. The Morgan fingerprint density at radius 1 is 1.04 bits per heavy atom. The molecule has 0 saturated carbocycles. The number of benzene rings is 1. The first-order valence-electron chi connectivity index (χ1n) is 8.38. The molecule has 5 nitrogen and oxygen atoms in total. The fraction of sp³-hybridized carbons (Fsp3) is 0.647. The molecule has 0 atom stereocenters. The Kier molecular flexibility index (Phi) is 6.59. The Balaban J connectivity index is 1.96. The van der Waals surface area contributed by atoms with E-state index in [9.17, 15) is 8.42 Å². The minimum absolute atomic E-state index is 0.223. The summed E-state index contributed by atoms with van der Waals surface area (Å²) in [5.74, 6) is 0.397. The molecule has 0 aromatic heterocycles. The topological polar surface area (TPSA) is 60.9 Å². The van der Waals surface area contributed by atoms with Gasteiger partial charge in [-0.05, 0) is 43.0 Å². The predicted molar refractivity (Wildman–Crippen MR) is 92.0 cm³/mol. The molecule has 0 radical (unpaired) electrons. The van der Waals surface area contributed by atoms with Crippen LogP contribution in [0.25, 0.3) is 0 Å². The van der Waals surface area contributed by atoms with Crippen molar-refractivity contribution >= 4 is 10.0 Å². The fourth-order valence-electron chi connectivity index (χ4n) is 2.81. The molecule has 1 aliphatic rings. The molecule has 1 aromatic carbocycles. The van der Waals surface area contributed by atoms with Crippen molar-refractivity contribution in [3.05, 3.63) is 29.8 Å². The maximum atomic E-state index is 12.7. The van der Waals surface area contributed by atoms with Crippen LogP contribution in [0.2, 0.25) is 0 Å². The molecule has 1 fully saturated rings. The Bertz CT molecular complexity index is 576. The average molecular weight is 340 g/mol. The van der Waals surface area contributed by atoms with Crippen LogP contribution in [-0.2, 0) is 10.0 Å². The molecule has 0 aliphatic carbocycles. The summed E-state index contributed by atoms with van der Waals surface area (Å²) in [6.45, 7) is 7.93. The van der Waals surface area contributed by atoms with Gasteiger partial charge >= 0.3 is 0 Å². The van der Waals surface area contributed by atoms with Crippen molar-refractivity contribution in [1.29, 1.82) is 0 Å². The zero-order valence-corrected chi connectivity index (χ0v) is 14.9. The van der Waals surface area contributed by atoms with Gasteiger partial charge in [0.25, 0.3) is 0 Å². The van der Waals surface area contributed by atoms with E-state index in [1.54, 1.807) is 16.4 Å². The lowest BCUT2D eigenvalue weighted by atomic mass is 10.0. The van der Waals surface area contributed by atoms with Crippen molar-refractivity contribution in [2.75, 3.05) is 39.3 Å². The summed E-state index contributed by atoms with van der Waals surface area (Å²) < 4.78 is 27.0. The molecule has 1 saturated heterocycles. The highest BCUT2D eigenvalue weighted by Gasteiger charge is 2.28. The van der Waals surface area contributed by atoms with Crippen LogP contribution in [0.1, 0.15) is 38.2 Å². The molecular formula is C17H28N2O3S. The van der Waals surface area contributed by atoms with Gasteiger partial charge in [-0.2, -0.15) is 4.31 Å². The lowest BCUT2D eigenvalue weighted by Gasteiger charge is -2.34. The molecule has 0 bridgehead atoms. The van der Waals surface area contributed by atoms with E-state index in [1.807, 2.05) is 12.1 Å². The van der Waals surface area contributed by atoms with Gasteiger partial charge in [0.05, 0.1) is 4.90 Å².